The van der Waals surface area contributed by atoms with Crippen molar-refractivity contribution in [3.05, 3.63) is 130 Å². The Labute approximate surface area is 262 Å². The molecule has 0 saturated heterocycles. The zero-order valence-electron chi connectivity index (χ0n) is 24.3. The molecule has 0 aliphatic rings. The number of aryl methyl sites for hydroxylation is 1. The summed E-state index contributed by atoms with van der Waals surface area (Å²) >= 11 is 3.50. The van der Waals surface area contributed by atoms with Crippen LogP contribution in [-0.2, 0) is 32.6 Å². The lowest BCUT2D eigenvalue weighted by atomic mass is 10.0. The maximum atomic E-state index is 14.4. The van der Waals surface area contributed by atoms with Crippen LogP contribution in [-0.4, -0.2) is 44.3 Å². The van der Waals surface area contributed by atoms with Gasteiger partial charge < -0.3 is 10.2 Å². The Morgan fingerprint density at radius 2 is 1.49 bits per heavy atom. The molecule has 0 radical (unpaired) electrons. The number of nitrogens with one attached hydrogen (secondary N) is 1. The zero-order valence-corrected chi connectivity index (χ0v) is 26.7. The van der Waals surface area contributed by atoms with Crippen molar-refractivity contribution in [2.24, 2.45) is 0 Å². The van der Waals surface area contributed by atoms with Crippen molar-refractivity contribution in [1.82, 2.24) is 10.2 Å². The Morgan fingerprint density at radius 3 is 2.14 bits per heavy atom. The van der Waals surface area contributed by atoms with Gasteiger partial charge in [-0.2, -0.15) is 0 Å². The molecule has 0 aliphatic carbocycles. The second-order valence-corrected chi connectivity index (χ2v) is 13.1. The molecule has 4 aromatic carbocycles. The van der Waals surface area contributed by atoms with E-state index >= 15 is 0 Å². The molecule has 0 fully saturated rings. The van der Waals surface area contributed by atoms with Crippen molar-refractivity contribution in [2.45, 2.75) is 44.2 Å². The molecule has 0 unspecified atom stereocenters. The minimum Gasteiger partial charge on any atom is -0.354 e. The van der Waals surface area contributed by atoms with Crippen molar-refractivity contribution in [2.75, 3.05) is 17.4 Å². The van der Waals surface area contributed by atoms with E-state index in [0.29, 0.717) is 12.2 Å². The predicted molar refractivity (Wildman–Crippen MR) is 174 cm³/mol. The van der Waals surface area contributed by atoms with Gasteiger partial charge in [0.05, 0.1) is 10.6 Å². The third kappa shape index (κ3) is 8.55. The van der Waals surface area contributed by atoms with Gasteiger partial charge in [0.25, 0.3) is 10.0 Å². The van der Waals surface area contributed by atoms with Gasteiger partial charge in [-0.05, 0) is 66.4 Å². The summed E-state index contributed by atoms with van der Waals surface area (Å²) in [7, 11) is -4.12. The smallest absolute Gasteiger partial charge is 0.264 e. The van der Waals surface area contributed by atoms with Crippen LogP contribution in [0.15, 0.2) is 119 Å². The van der Waals surface area contributed by atoms with Gasteiger partial charge in [-0.3, -0.25) is 13.9 Å². The number of halogens is 1. The molecule has 0 bridgehead atoms. The molecule has 0 saturated carbocycles. The van der Waals surface area contributed by atoms with Crippen LogP contribution >= 0.6 is 15.9 Å². The minimum absolute atomic E-state index is 0.0735. The molecule has 1 atom stereocenters. The summed E-state index contributed by atoms with van der Waals surface area (Å²) in [4.78, 5) is 29.7. The van der Waals surface area contributed by atoms with Crippen LogP contribution in [0.3, 0.4) is 0 Å². The van der Waals surface area contributed by atoms with E-state index < -0.39 is 28.5 Å². The van der Waals surface area contributed by atoms with Crippen LogP contribution in [0.4, 0.5) is 5.69 Å². The Hall–Kier alpha value is -3.95. The van der Waals surface area contributed by atoms with Crippen molar-refractivity contribution in [3.63, 3.8) is 0 Å². The van der Waals surface area contributed by atoms with Crippen molar-refractivity contribution in [1.29, 1.82) is 0 Å². The summed E-state index contributed by atoms with van der Waals surface area (Å²) in [5, 5.41) is 2.96. The molecule has 0 heterocycles. The number of hydrogen-bond acceptors (Lipinski definition) is 4. The molecule has 4 rings (SSSR count). The lowest BCUT2D eigenvalue weighted by molar-refractivity contribution is -0.140. The molecule has 224 valence electrons. The predicted octanol–water partition coefficient (Wildman–Crippen LogP) is 6.12. The van der Waals surface area contributed by atoms with Gasteiger partial charge in [-0.1, -0.05) is 95.7 Å². The quantitative estimate of drug-likeness (QED) is 0.187. The average Bonchev–Trinajstić information content (AvgIpc) is 3.01. The molecular weight excluding hydrogens is 626 g/mol. The SMILES string of the molecule is CCCNC(=O)[C@@H](Cc1ccccc1)N(Cc1cccc(Br)c1)C(=O)CN(c1cccc(C)c1)S(=O)(=O)c1ccccc1. The first-order valence-corrected chi connectivity index (χ1v) is 16.4. The maximum absolute atomic E-state index is 14.4. The summed E-state index contributed by atoms with van der Waals surface area (Å²) in [6, 6.07) is 31.3. The Balaban J connectivity index is 1.79. The van der Waals surface area contributed by atoms with E-state index in [1.54, 1.807) is 36.4 Å². The second kappa shape index (κ2) is 15.0. The molecule has 0 aliphatic heterocycles. The normalized spacial score (nSPS) is 11.9. The molecule has 1 N–H and O–H groups in total. The Morgan fingerprint density at radius 1 is 0.837 bits per heavy atom. The molecule has 4 aromatic rings. The van der Waals surface area contributed by atoms with Gasteiger partial charge in [0.1, 0.15) is 12.6 Å². The van der Waals surface area contributed by atoms with E-state index in [4.69, 9.17) is 0 Å². The number of rotatable bonds is 13. The fourth-order valence-corrected chi connectivity index (χ4v) is 6.66. The number of hydrogen-bond donors (Lipinski definition) is 1. The van der Waals surface area contributed by atoms with Gasteiger partial charge in [0, 0.05) is 24.0 Å². The summed E-state index contributed by atoms with van der Waals surface area (Å²) in [5.41, 5.74) is 2.91. The number of carbonyl (C=O) groups excluding carboxylic acids is 2. The molecule has 0 spiro atoms. The highest BCUT2D eigenvalue weighted by Gasteiger charge is 2.34. The number of amides is 2. The largest absolute Gasteiger partial charge is 0.354 e. The van der Waals surface area contributed by atoms with E-state index in [-0.39, 0.29) is 23.8 Å². The van der Waals surface area contributed by atoms with E-state index in [9.17, 15) is 18.0 Å². The number of anilines is 1. The lowest BCUT2D eigenvalue weighted by Gasteiger charge is -2.34. The highest BCUT2D eigenvalue weighted by molar-refractivity contribution is 9.10. The highest BCUT2D eigenvalue weighted by atomic mass is 79.9. The standard InChI is InChI=1S/C34H36BrN3O4S/c1-3-20-36-34(40)32(23-27-13-6-4-7-14-27)37(24-28-15-11-16-29(35)22-28)33(39)25-38(30-17-10-12-26(2)21-30)43(41,42)31-18-8-5-9-19-31/h4-19,21-22,32H,3,20,23-25H2,1-2H3,(H,36,40)/t32-/m1/s1. The van der Waals surface area contributed by atoms with Gasteiger partial charge in [0.15, 0.2) is 0 Å². The molecular formula is C34H36BrN3O4S. The second-order valence-electron chi connectivity index (χ2n) is 10.3. The number of sulfonamides is 1. The topological polar surface area (TPSA) is 86.8 Å². The van der Waals surface area contributed by atoms with E-state index in [1.165, 1.54) is 17.0 Å². The number of carbonyl (C=O) groups is 2. The first-order valence-electron chi connectivity index (χ1n) is 14.2. The van der Waals surface area contributed by atoms with E-state index in [2.05, 4.69) is 21.2 Å². The monoisotopic (exact) mass is 661 g/mol. The van der Waals surface area contributed by atoms with Crippen molar-refractivity contribution < 1.29 is 18.0 Å². The molecule has 9 heteroatoms. The van der Waals surface area contributed by atoms with E-state index in [0.717, 1.165) is 31.9 Å². The Kier molecular flexibility index (Phi) is 11.1. The van der Waals surface area contributed by atoms with Crippen LogP contribution in [0, 0.1) is 6.92 Å². The number of benzene rings is 4. The van der Waals surface area contributed by atoms with Crippen molar-refractivity contribution >= 4 is 43.5 Å². The fourth-order valence-electron chi connectivity index (χ4n) is 4.78. The van der Waals surface area contributed by atoms with Gasteiger partial charge in [-0.25, -0.2) is 8.42 Å². The minimum atomic E-state index is -4.12. The molecule has 2 amide bonds. The molecule has 43 heavy (non-hydrogen) atoms. The van der Waals surface area contributed by atoms with Crippen molar-refractivity contribution in [3.8, 4) is 0 Å². The van der Waals surface area contributed by atoms with Crippen LogP contribution in [0.5, 0.6) is 0 Å². The average molecular weight is 663 g/mol. The van der Waals surface area contributed by atoms with Crippen LogP contribution in [0.2, 0.25) is 0 Å². The lowest BCUT2D eigenvalue weighted by Crippen LogP contribution is -2.53. The summed E-state index contributed by atoms with van der Waals surface area (Å²) in [6.07, 6.45) is 1.01. The van der Waals surface area contributed by atoms with Crippen LogP contribution in [0.25, 0.3) is 0 Å². The number of nitrogens with zero attached hydrogens (tertiary/aromatic N) is 2. The summed E-state index contributed by atoms with van der Waals surface area (Å²) in [6.45, 7) is 3.92. The van der Waals surface area contributed by atoms with E-state index in [1.807, 2.05) is 74.5 Å². The van der Waals surface area contributed by atoms with Gasteiger partial charge in [-0.15, -0.1) is 0 Å². The fraction of sp³-hybridized carbons (Fsp3) is 0.235. The van der Waals surface area contributed by atoms with Gasteiger partial charge in [0.2, 0.25) is 11.8 Å². The third-order valence-corrected chi connectivity index (χ3v) is 9.24. The summed E-state index contributed by atoms with van der Waals surface area (Å²) in [5.74, 6) is -0.782. The molecule has 7 nitrogen and oxygen atoms in total. The maximum Gasteiger partial charge on any atom is 0.264 e. The first-order chi connectivity index (χ1) is 20.7. The third-order valence-electron chi connectivity index (χ3n) is 6.96. The van der Waals surface area contributed by atoms with Crippen LogP contribution < -0.4 is 9.62 Å². The first kappa shape index (κ1) is 32.0. The Bertz CT molecular complexity index is 1630. The molecule has 0 aromatic heterocycles. The highest BCUT2D eigenvalue weighted by Crippen LogP contribution is 2.26. The van der Waals surface area contributed by atoms with Gasteiger partial charge >= 0.3 is 0 Å². The van der Waals surface area contributed by atoms with Crippen LogP contribution in [0.1, 0.15) is 30.0 Å². The summed E-state index contributed by atoms with van der Waals surface area (Å²) < 4.78 is 30.0. The zero-order chi connectivity index (χ0) is 30.8.